The van der Waals surface area contributed by atoms with Crippen molar-refractivity contribution in [2.24, 2.45) is 5.84 Å². The van der Waals surface area contributed by atoms with E-state index >= 15 is 0 Å². The second-order valence-electron chi connectivity index (χ2n) is 10.8. The number of aryl methyl sites for hydroxylation is 2. The summed E-state index contributed by atoms with van der Waals surface area (Å²) >= 11 is 0. The van der Waals surface area contributed by atoms with E-state index in [4.69, 9.17) is 21.3 Å². The smallest absolute Gasteiger partial charge is 0.231 e. The molecule has 0 bridgehead atoms. The number of hydrazine groups is 1. The van der Waals surface area contributed by atoms with Crippen molar-refractivity contribution in [3.8, 4) is 5.88 Å². The van der Waals surface area contributed by atoms with Crippen molar-refractivity contribution in [2.75, 3.05) is 17.3 Å². The summed E-state index contributed by atoms with van der Waals surface area (Å²) in [6.07, 6.45) is 8.55. The van der Waals surface area contributed by atoms with Crippen LogP contribution in [-0.4, -0.2) is 36.7 Å². The first-order chi connectivity index (χ1) is 17.7. The predicted octanol–water partition coefficient (Wildman–Crippen LogP) is 3.87. The third-order valence-corrected chi connectivity index (χ3v) is 9.17. The number of pyridine rings is 2. The van der Waals surface area contributed by atoms with Gasteiger partial charge in [-0.25, -0.2) is 19.3 Å². The Morgan fingerprint density at radius 3 is 2.65 bits per heavy atom. The summed E-state index contributed by atoms with van der Waals surface area (Å²) in [6, 6.07) is 8.65. The number of rotatable bonds is 6. The number of nitrogens with zero attached hydrogens (tertiary/aromatic N) is 4. The molecule has 2 aliphatic carbocycles. The molecule has 1 unspecified atom stereocenters. The lowest BCUT2D eigenvalue weighted by Gasteiger charge is -2.23. The van der Waals surface area contributed by atoms with Crippen molar-refractivity contribution < 1.29 is 8.95 Å². The quantitative estimate of drug-likeness (QED) is 0.290. The Morgan fingerprint density at radius 1 is 1.14 bits per heavy atom. The number of hydrogen-bond donors (Lipinski definition) is 2. The lowest BCUT2D eigenvalue weighted by Crippen LogP contribution is -2.35. The Kier molecular flexibility index (Phi) is 5.97. The van der Waals surface area contributed by atoms with Crippen molar-refractivity contribution in [3.63, 3.8) is 0 Å². The Morgan fingerprint density at radius 2 is 1.92 bits per heavy atom. The largest absolute Gasteiger partial charge is 0.469 e. The van der Waals surface area contributed by atoms with Gasteiger partial charge in [0.1, 0.15) is 21.5 Å². The molecule has 1 aliphatic heterocycles. The highest BCUT2D eigenvalue weighted by molar-refractivity contribution is 7.82. The van der Waals surface area contributed by atoms with E-state index in [1.54, 1.807) is 6.20 Å². The molecular weight excluding hydrogens is 484 g/mol. The van der Waals surface area contributed by atoms with E-state index in [1.165, 1.54) is 0 Å². The fourth-order valence-electron chi connectivity index (χ4n) is 5.02. The van der Waals surface area contributed by atoms with Crippen LogP contribution in [0.1, 0.15) is 59.2 Å². The molecule has 1 aromatic carbocycles. The predicted molar refractivity (Wildman–Crippen MR) is 145 cm³/mol. The van der Waals surface area contributed by atoms with Gasteiger partial charge >= 0.3 is 0 Å². The van der Waals surface area contributed by atoms with Crippen molar-refractivity contribution in [2.45, 2.75) is 76.0 Å². The molecule has 4 N–H and O–H groups in total. The van der Waals surface area contributed by atoms with Gasteiger partial charge in [-0.3, -0.25) is 4.98 Å². The average Bonchev–Trinajstić information content (AvgIpc) is 3.80. The van der Waals surface area contributed by atoms with Crippen LogP contribution >= 0.6 is 0 Å². The molecule has 0 radical (unpaired) electrons. The van der Waals surface area contributed by atoms with Crippen LogP contribution in [0.4, 0.5) is 11.4 Å². The van der Waals surface area contributed by atoms with Gasteiger partial charge in [0, 0.05) is 30.7 Å². The summed E-state index contributed by atoms with van der Waals surface area (Å²) in [7, 11) is -1.37. The highest BCUT2D eigenvalue weighted by Gasteiger charge is 2.50. The number of aromatic nitrogens is 2. The Bertz CT molecular complexity index is 1400. The molecule has 1 atom stereocenters. The Balaban J connectivity index is 1.26. The normalized spacial score (nSPS) is 20.3. The number of ether oxygens (including phenoxy) is 1. The van der Waals surface area contributed by atoms with Crippen LogP contribution in [0.15, 0.2) is 41.6 Å². The summed E-state index contributed by atoms with van der Waals surface area (Å²) in [5.74, 6) is 6.78. The van der Waals surface area contributed by atoms with Crippen LogP contribution < -0.4 is 21.3 Å². The first-order valence-electron chi connectivity index (χ1n) is 12.9. The molecule has 2 aromatic heterocycles. The molecule has 0 amide bonds. The van der Waals surface area contributed by atoms with E-state index in [0.717, 1.165) is 70.6 Å². The van der Waals surface area contributed by atoms with Crippen molar-refractivity contribution in [3.05, 3.63) is 70.2 Å². The van der Waals surface area contributed by atoms with E-state index in [9.17, 15) is 4.21 Å². The second-order valence-corrected chi connectivity index (χ2v) is 12.3. The van der Waals surface area contributed by atoms with E-state index in [0.29, 0.717) is 36.3 Å². The number of anilines is 2. The van der Waals surface area contributed by atoms with Gasteiger partial charge in [0.05, 0.1) is 17.9 Å². The summed E-state index contributed by atoms with van der Waals surface area (Å²) in [4.78, 5) is 9.80. The molecule has 37 heavy (non-hydrogen) atoms. The van der Waals surface area contributed by atoms with Gasteiger partial charge in [-0.2, -0.15) is 0 Å². The van der Waals surface area contributed by atoms with Gasteiger partial charge in [-0.15, -0.1) is 0 Å². The van der Waals surface area contributed by atoms with Crippen LogP contribution in [0.5, 0.6) is 5.88 Å². The number of fused-ring (bicyclic) bond motifs is 1. The zero-order chi connectivity index (χ0) is 25.9. The number of nitrogens with two attached hydrogens (primary N) is 2. The Labute approximate surface area is 220 Å². The molecule has 9 heteroatoms. The lowest BCUT2D eigenvalue weighted by molar-refractivity contribution is 0.145. The Hall–Kier alpha value is -3.01. The maximum atomic E-state index is 13.7. The molecule has 2 fully saturated rings. The van der Waals surface area contributed by atoms with Crippen LogP contribution in [0.3, 0.4) is 0 Å². The third-order valence-electron chi connectivity index (χ3n) is 7.78. The zero-order valence-electron chi connectivity index (χ0n) is 21.7. The molecule has 3 aromatic rings. The SMILES string of the molecule is Cc1cnc2c(c1)S(=O)N(Cc1cc(Cc3ccc(N(N)C4CC4)c(N)c3C)cnc1C)CC1(CC1)O2. The summed E-state index contributed by atoms with van der Waals surface area (Å²) < 4.78 is 22.0. The zero-order valence-corrected chi connectivity index (χ0v) is 22.5. The van der Waals surface area contributed by atoms with E-state index in [1.807, 2.05) is 41.5 Å². The number of nitrogen functional groups attached to an aromatic ring is 1. The van der Waals surface area contributed by atoms with E-state index < -0.39 is 11.0 Å². The molecule has 3 aliphatic rings. The van der Waals surface area contributed by atoms with Crippen LogP contribution in [0.2, 0.25) is 0 Å². The fourth-order valence-corrected chi connectivity index (χ4v) is 6.44. The van der Waals surface area contributed by atoms with Gasteiger partial charge in [0.25, 0.3) is 0 Å². The molecule has 1 spiro atoms. The van der Waals surface area contributed by atoms with Crippen LogP contribution in [0.25, 0.3) is 0 Å². The highest BCUT2D eigenvalue weighted by atomic mass is 32.2. The van der Waals surface area contributed by atoms with Gasteiger partial charge in [-0.1, -0.05) is 12.1 Å². The first-order valence-corrected chi connectivity index (χ1v) is 14.0. The van der Waals surface area contributed by atoms with Crippen molar-refractivity contribution in [1.82, 2.24) is 14.3 Å². The summed E-state index contributed by atoms with van der Waals surface area (Å²) in [5.41, 5.74) is 14.1. The van der Waals surface area contributed by atoms with Crippen LogP contribution in [-0.2, 0) is 24.0 Å². The van der Waals surface area contributed by atoms with Gasteiger partial charge in [0.2, 0.25) is 5.88 Å². The standard InChI is InChI=1S/C28H34N6O2S/c1-17-10-25-27(32-13-17)36-28(8-9-28)16-33(37(25)35)15-22-12-20(14-31-19(22)3)11-21-4-7-24(26(29)18(21)2)34(30)23-5-6-23/h4,7,10,12-14,23H,5-6,8-9,11,15-16,29-30H2,1-3H3. The third kappa shape index (κ3) is 4.71. The molecule has 6 rings (SSSR count). The second kappa shape index (κ2) is 9.08. The molecule has 194 valence electrons. The molecule has 3 heterocycles. The minimum Gasteiger partial charge on any atom is -0.469 e. The van der Waals surface area contributed by atoms with E-state index in [-0.39, 0.29) is 5.60 Å². The van der Waals surface area contributed by atoms with Crippen LogP contribution in [0, 0.1) is 20.8 Å². The summed E-state index contributed by atoms with van der Waals surface area (Å²) in [5, 5.41) is 1.81. The maximum absolute atomic E-state index is 13.7. The van der Waals surface area contributed by atoms with Gasteiger partial charge < -0.3 is 15.5 Å². The average molecular weight is 519 g/mol. The minimum absolute atomic E-state index is 0.296. The monoisotopic (exact) mass is 518 g/mol. The minimum atomic E-state index is -1.37. The van der Waals surface area contributed by atoms with E-state index in [2.05, 4.69) is 24.0 Å². The number of hydrogen-bond acceptors (Lipinski definition) is 7. The fraction of sp³-hybridized carbons (Fsp3) is 0.429. The van der Waals surface area contributed by atoms with Crippen molar-refractivity contribution in [1.29, 1.82) is 0 Å². The maximum Gasteiger partial charge on any atom is 0.231 e. The molecule has 0 saturated heterocycles. The molecule has 8 nitrogen and oxygen atoms in total. The van der Waals surface area contributed by atoms with Crippen molar-refractivity contribution >= 4 is 22.4 Å². The topological polar surface area (TPSA) is 111 Å². The molecular formula is C28H34N6O2S. The summed E-state index contributed by atoms with van der Waals surface area (Å²) in [6.45, 7) is 7.16. The lowest BCUT2D eigenvalue weighted by atomic mass is 9.98. The molecule has 2 saturated carbocycles. The first kappa shape index (κ1) is 24.3. The van der Waals surface area contributed by atoms with Gasteiger partial charge in [-0.05, 0) is 92.8 Å². The number of benzene rings is 1. The van der Waals surface area contributed by atoms with Gasteiger partial charge in [0.15, 0.2) is 0 Å². The highest BCUT2D eigenvalue weighted by Crippen LogP contribution is 2.45.